The van der Waals surface area contributed by atoms with Crippen LogP contribution in [0.15, 0.2) is 72.1 Å². The summed E-state index contributed by atoms with van der Waals surface area (Å²) in [5, 5.41) is 13.4. The van der Waals surface area contributed by atoms with Gasteiger partial charge in [0, 0.05) is 11.4 Å². The minimum absolute atomic E-state index is 0.00546. The molecule has 0 fully saturated rings. The maximum atomic E-state index is 13.7. The van der Waals surface area contributed by atoms with Gasteiger partial charge in [-0.15, -0.1) is 16.4 Å². The first-order chi connectivity index (χ1) is 16.5. The van der Waals surface area contributed by atoms with Crippen molar-refractivity contribution in [2.45, 2.75) is 39.4 Å². The first kappa shape index (κ1) is 23.6. The van der Waals surface area contributed by atoms with E-state index in [9.17, 15) is 9.59 Å². The second kappa shape index (κ2) is 11.1. The Hall–Kier alpha value is -3.52. The standard InChI is InChI=1S/C26H29N5O2S/c1-19(2)14-15-27-26(33)25(20-9-4-3-5-10-20)30(17-21-11-8-16-34-21)24(32)18-31-23-13-7-6-12-22(23)28-29-31/h3-13,16,19,25H,14-15,17-18H2,1-2H3,(H,27,33)/t25-/m0/s1. The molecule has 1 N–H and O–H groups in total. The summed E-state index contributed by atoms with van der Waals surface area (Å²) in [5.41, 5.74) is 2.29. The molecule has 0 aliphatic rings. The Kier molecular flexibility index (Phi) is 7.69. The summed E-state index contributed by atoms with van der Waals surface area (Å²) in [5.74, 6) is 0.0945. The van der Waals surface area contributed by atoms with Gasteiger partial charge in [0.25, 0.3) is 0 Å². The zero-order valence-corrected chi connectivity index (χ0v) is 20.2. The Balaban J connectivity index is 1.66. The molecule has 0 saturated heterocycles. The first-order valence-electron chi connectivity index (χ1n) is 11.5. The van der Waals surface area contributed by atoms with Crippen molar-refractivity contribution in [1.82, 2.24) is 25.2 Å². The molecule has 7 nitrogen and oxygen atoms in total. The number of benzene rings is 2. The lowest BCUT2D eigenvalue weighted by Gasteiger charge is -2.31. The summed E-state index contributed by atoms with van der Waals surface area (Å²) in [6.07, 6.45) is 0.872. The summed E-state index contributed by atoms with van der Waals surface area (Å²) in [6.45, 7) is 5.13. The van der Waals surface area contributed by atoms with Crippen LogP contribution in [0, 0.1) is 5.92 Å². The van der Waals surface area contributed by atoms with Gasteiger partial charge in [-0.25, -0.2) is 4.68 Å². The Morgan fingerprint density at radius 1 is 1.03 bits per heavy atom. The number of para-hydroxylation sites is 1. The Morgan fingerprint density at radius 2 is 1.79 bits per heavy atom. The van der Waals surface area contributed by atoms with Gasteiger partial charge >= 0.3 is 0 Å². The third-order valence-electron chi connectivity index (χ3n) is 5.63. The van der Waals surface area contributed by atoms with Gasteiger partial charge in [-0.3, -0.25) is 9.59 Å². The number of nitrogens with one attached hydrogen (secondary N) is 1. The number of thiophene rings is 1. The van der Waals surface area contributed by atoms with Gasteiger partial charge < -0.3 is 10.2 Å². The fourth-order valence-electron chi connectivity index (χ4n) is 3.84. The molecule has 2 amide bonds. The molecule has 1 atom stereocenters. The van der Waals surface area contributed by atoms with Crippen LogP contribution in [0.3, 0.4) is 0 Å². The average Bonchev–Trinajstić information content (AvgIpc) is 3.49. The maximum absolute atomic E-state index is 13.7. The SMILES string of the molecule is CC(C)CCNC(=O)[C@H](c1ccccc1)N(Cc1cccs1)C(=O)Cn1nnc2ccccc21. The van der Waals surface area contributed by atoms with Crippen LogP contribution in [0.4, 0.5) is 0 Å². The van der Waals surface area contributed by atoms with Gasteiger partial charge in [0.05, 0.1) is 12.1 Å². The predicted octanol–water partition coefficient (Wildman–Crippen LogP) is 4.43. The molecule has 0 bridgehead atoms. The van der Waals surface area contributed by atoms with E-state index in [-0.39, 0.29) is 18.4 Å². The minimum atomic E-state index is -0.752. The number of aromatic nitrogens is 3. The van der Waals surface area contributed by atoms with E-state index in [0.717, 1.165) is 27.9 Å². The molecule has 2 aromatic heterocycles. The number of carbonyl (C=O) groups is 2. The van der Waals surface area contributed by atoms with Crippen molar-refractivity contribution in [1.29, 1.82) is 0 Å². The van der Waals surface area contributed by atoms with Gasteiger partial charge in [0.15, 0.2) is 0 Å². The Bertz CT molecular complexity index is 1220. The van der Waals surface area contributed by atoms with Gasteiger partial charge in [-0.05, 0) is 41.5 Å². The topological polar surface area (TPSA) is 80.1 Å². The third kappa shape index (κ3) is 5.69. The molecule has 34 heavy (non-hydrogen) atoms. The van der Waals surface area contributed by atoms with E-state index in [2.05, 4.69) is 29.5 Å². The molecular weight excluding hydrogens is 446 g/mol. The number of amides is 2. The van der Waals surface area contributed by atoms with E-state index in [1.807, 2.05) is 72.1 Å². The lowest BCUT2D eigenvalue weighted by atomic mass is 10.0. The van der Waals surface area contributed by atoms with E-state index >= 15 is 0 Å². The summed E-state index contributed by atoms with van der Waals surface area (Å²) in [4.78, 5) is 29.9. The highest BCUT2D eigenvalue weighted by Crippen LogP contribution is 2.26. The molecule has 0 spiro atoms. The van der Waals surface area contributed by atoms with E-state index in [1.165, 1.54) is 0 Å². The van der Waals surface area contributed by atoms with Crippen molar-refractivity contribution in [2.75, 3.05) is 6.54 Å². The highest BCUT2D eigenvalue weighted by molar-refractivity contribution is 7.09. The lowest BCUT2D eigenvalue weighted by Crippen LogP contribution is -2.44. The van der Waals surface area contributed by atoms with Crippen LogP contribution in [0.25, 0.3) is 11.0 Å². The van der Waals surface area contributed by atoms with Gasteiger partial charge in [0.1, 0.15) is 18.1 Å². The zero-order valence-electron chi connectivity index (χ0n) is 19.4. The molecule has 4 aromatic rings. The summed E-state index contributed by atoms with van der Waals surface area (Å²) >= 11 is 1.56. The zero-order chi connectivity index (χ0) is 23.9. The monoisotopic (exact) mass is 475 g/mol. The van der Waals surface area contributed by atoms with Crippen LogP contribution in [0.1, 0.15) is 36.8 Å². The summed E-state index contributed by atoms with van der Waals surface area (Å²) in [6, 6.07) is 20.2. The number of nitrogens with zero attached hydrogens (tertiary/aromatic N) is 4. The fraction of sp³-hybridized carbons (Fsp3) is 0.308. The Labute approximate surface area is 203 Å². The molecule has 2 heterocycles. The second-order valence-corrected chi connectivity index (χ2v) is 9.66. The first-order valence-corrected chi connectivity index (χ1v) is 12.3. The normalized spacial score (nSPS) is 12.1. The molecule has 2 aromatic carbocycles. The van der Waals surface area contributed by atoms with Gasteiger partial charge in [-0.2, -0.15) is 0 Å². The largest absolute Gasteiger partial charge is 0.354 e. The quantitative estimate of drug-likeness (QED) is 0.368. The minimum Gasteiger partial charge on any atom is -0.354 e. The van der Waals surface area contributed by atoms with E-state index in [1.54, 1.807) is 20.9 Å². The van der Waals surface area contributed by atoms with E-state index in [4.69, 9.17) is 0 Å². The second-order valence-electron chi connectivity index (χ2n) is 8.62. The molecule has 0 aliphatic carbocycles. The van der Waals surface area contributed by atoms with Crippen molar-refractivity contribution in [3.05, 3.63) is 82.6 Å². The number of hydrogen-bond acceptors (Lipinski definition) is 5. The van der Waals surface area contributed by atoms with Crippen LogP contribution in [0.5, 0.6) is 0 Å². The predicted molar refractivity (Wildman–Crippen MR) is 134 cm³/mol. The number of hydrogen-bond donors (Lipinski definition) is 1. The molecule has 176 valence electrons. The van der Waals surface area contributed by atoms with Crippen molar-refractivity contribution in [2.24, 2.45) is 5.92 Å². The highest BCUT2D eigenvalue weighted by atomic mass is 32.1. The fourth-order valence-corrected chi connectivity index (χ4v) is 4.54. The third-order valence-corrected chi connectivity index (χ3v) is 6.49. The maximum Gasteiger partial charge on any atom is 0.247 e. The highest BCUT2D eigenvalue weighted by Gasteiger charge is 2.32. The van der Waals surface area contributed by atoms with Crippen LogP contribution in [-0.4, -0.2) is 38.3 Å². The summed E-state index contributed by atoms with van der Waals surface area (Å²) in [7, 11) is 0. The smallest absolute Gasteiger partial charge is 0.247 e. The number of fused-ring (bicyclic) bond motifs is 1. The van der Waals surface area contributed by atoms with Crippen molar-refractivity contribution in [3.63, 3.8) is 0 Å². The molecule has 0 aliphatic heterocycles. The van der Waals surface area contributed by atoms with E-state index in [0.29, 0.717) is 19.0 Å². The molecule has 0 saturated carbocycles. The average molecular weight is 476 g/mol. The van der Waals surface area contributed by atoms with E-state index < -0.39 is 6.04 Å². The van der Waals surface area contributed by atoms with Crippen LogP contribution < -0.4 is 5.32 Å². The van der Waals surface area contributed by atoms with Crippen molar-refractivity contribution in [3.8, 4) is 0 Å². The van der Waals surface area contributed by atoms with Crippen molar-refractivity contribution < 1.29 is 9.59 Å². The molecule has 0 unspecified atom stereocenters. The molecule has 4 rings (SSSR count). The summed E-state index contributed by atoms with van der Waals surface area (Å²) < 4.78 is 1.60. The van der Waals surface area contributed by atoms with Crippen LogP contribution in [-0.2, 0) is 22.7 Å². The number of carbonyl (C=O) groups excluding carboxylic acids is 2. The number of rotatable bonds is 10. The molecule has 8 heteroatoms. The molecular formula is C26H29N5O2S. The molecule has 0 radical (unpaired) electrons. The van der Waals surface area contributed by atoms with Gasteiger partial charge in [0.2, 0.25) is 11.8 Å². The lowest BCUT2D eigenvalue weighted by molar-refractivity contribution is -0.142. The van der Waals surface area contributed by atoms with Crippen LogP contribution in [0.2, 0.25) is 0 Å². The van der Waals surface area contributed by atoms with Crippen molar-refractivity contribution >= 4 is 34.2 Å². The Morgan fingerprint density at radius 3 is 2.53 bits per heavy atom. The van der Waals surface area contributed by atoms with Crippen LogP contribution >= 0.6 is 11.3 Å². The van der Waals surface area contributed by atoms with Gasteiger partial charge in [-0.1, -0.05) is 67.6 Å².